The van der Waals surface area contributed by atoms with Gasteiger partial charge in [0.1, 0.15) is 5.01 Å². The molecule has 0 fully saturated rings. The molecule has 1 aromatic carbocycles. The first-order valence-electron chi connectivity index (χ1n) is 7.91. The van der Waals surface area contributed by atoms with Gasteiger partial charge in [-0.25, -0.2) is 9.78 Å². The molecule has 0 bridgehead atoms. The number of aromatic nitrogens is 3. The molecular weight excluding hydrogens is 358 g/mol. The quantitative estimate of drug-likeness (QED) is 0.616. The molecule has 0 spiro atoms. The summed E-state index contributed by atoms with van der Waals surface area (Å²) >= 11 is 8.02. The molecule has 3 aromatic rings. The van der Waals surface area contributed by atoms with Crippen LogP contribution < -0.4 is 0 Å². The van der Waals surface area contributed by atoms with Gasteiger partial charge in [-0.2, -0.15) is 5.10 Å². The van der Waals surface area contributed by atoms with Crippen LogP contribution in [0.2, 0.25) is 5.02 Å². The summed E-state index contributed by atoms with van der Waals surface area (Å²) in [6.07, 6.45) is 3.19. The van der Waals surface area contributed by atoms with E-state index >= 15 is 0 Å². The third kappa shape index (κ3) is 3.75. The fraction of sp³-hybridized carbons (Fsp3) is 0.278. The average Bonchev–Trinajstić information content (AvgIpc) is 3.18. The van der Waals surface area contributed by atoms with Gasteiger partial charge in [-0.15, -0.1) is 11.3 Å². The van der Waals surface area contributed by atoms with Gasteiger partial charge in [0.25, 0.3) is 0 Å². The predicted molar refractivity (Wildman–Crippen MR) is 99.3 cm³/mol. The Labute approximate surface area is 155 Å². The van der Waals surface area contributed by atoms with Crippen molar-refractivity contribution in [1.29, 1.82) is 0 Å². The first-order chi connectivity index (χ1) is 12.0. The molecule has 2 heterocycles. The molecule has 0 unspecified atom stereocenters. The van der Waals surface area contributed by atoms with E-state index in [9.17, 15) is 4.79 Å². The van der Waals surface area contributed by atoms with Crippen molar-refractivity contribution in [2.75, 3.05) is 6.61 Å². The maximum atomic E-state index is 11.7. The highest BCUT2D eigenvalue weighted by atomic mass is 35.5. The smallest absolute Gasteiger partial charge is 0.341 e. The Balaban J connectivity index is 1.84. The van der Waals surface area contributed by atoms with Crippen LogP contribution in [-0.2, 0) is 11.3 Å². The number of ether oxygens (including phenoxy) is 1. The summed E-state index contributed by atoms with van der Waals surface area (Å²) in [5.74, 6) is -0.365. The minimum absolute atomic E-state index is 0.343. The van der Waals surface area contributed by atoms with Crippen LogP contribution in [0.1, 0.15) is 33.4 Å². The second-order valence-corrected chi connectivity index (χ2v) is 7.19. The molecule has 0 saturated carbocycles. The van der Waals surface area contributed by atoms with E-state index in [2.05, 4.69) is 5.10 Å². The molecule has 25 heavy (non-hydrogen) atoms. The number of esters is 1. The molecular formula is C18H18ClN3O2S. The van der Waals surface area contributed by atoms with Crippen LogP contribution in [0.4, 0.5) is 0 Å². The number of rotatable bonds is 5. The molecule has 0 atom stereocenters. The van der Waals surface area contributed by atoms with Crippen LogP contribution in [0.15, 0.2) is 30.6 Å². The summed E-state index contributed by atoms with van der Waals surface area (Å²) < 4.78 is 6.67. The Hall–Kier alpha value is -2.18. The lowest BCUT2D eigenvalue weighted by molar-refractivity contribution is 0.0526. The molecule has 0 N–H and O–H groups in total. The van der Waals surface area contributed by atoms with Crippen molar-refractivity contribution in [2.45, 2.75) is 27.3 Å². The number of carbonyl (C=O) groups excluding carboxylic acids is 1. The summed E-state index contributed by atoms with van der Waals surface area (Å²) in [4.78, 5) is 17.6. The van der Waals surface area contributed by atoms with Gasteiger partial charge in [-0.05, 0) is 26.3 Å². The summed E-state index contributed by atoms with van der Waals surface area (Å²) in [5, 5.41) is 5.84. The van der Waals surface area contributed by atoms with Crippen molar-refractivity contribution >= 4 is 28.9 Å². The highest BCUT2D eigenvalue weighted by molar-refractivity contribution is 7.15. The zero-order chi connectivity index (χ0) is 18.0. The first-order valence-corrected chi connectivity index (χ1v) is 9.10. The lowest BCUT2D eigenvalue weighted by atomic mass is 10.1. The van der Waals surface area contributed by atoms with Crippen molar-refractivity contribution in [2.24, 2.45) is 0 Å². The van der Waals surface area contributed by atoms with Gasteiger partial charge in [0, 0.05) is 16.6 Å². The fourth-order valence-electron chi connectivity index (χ4n) is 2.43. The molecule has 0 aliphatic rings. The van der Waals surface area contributed by atoms with Gasteiger partial charge in [-0.1, -0.05) is 29.8 Å². The van der Waals surface area contributed by atoms with E-state index in [0.717, 1.165) is 31.7 Å². The second kappa shape index (κ2) is 7.37. The number of hydrogen-bond acceptors (Lipinski definition) is 5. The van der Waals surface area contributed by atoms with E-state index in [1.807, 2.05) is 32.0 Å². The van der Waals surface area contributed by atoms with Gasteiger partial charge in [-0.3, -0.25) is 4.68 Å². The highest BCUT2D eigenvalue weighted by Gasteiger charge is 2.15. The Kier molecular flexibility index (Phi) is 5.20. The van der Waals surface area contributed by atoms with Crippen molar-refractivity contribution in [3.63, 3.8) is 0 Å². The van der Waals surface area contributed by atoms with Gasteiger partial charge in [0.15, 0.2) is 0 Å². The molecule has 0 aliphatic carbocycles. The Morgan fingerprint density at radius 3 is 2.92 bits per heavy atom. The number of benzene rings is 1. The zero-order valence-electron chi connectivity index (χ0n) is 14.2. The normalized spacial score (nSPS) is 10.9. The number of nitrogens with zero attached hydrogens (tertiary/aromatic N) is 3. The highest BCUT2D eigenvalue weighted by Crippen LogP contribution is 2.34. The van der Waals surface area contributed by atoms with Gasteiger partial charge in [0.2, 0.25) is 0 Å². The largest absolute Gasteiger partial charge is 0.462 e. The SMILES string of the molecule is CCOC(=O)c1cnn(Cc2nc(-c3cccc(C)c3Cl)sc2C)c1. The minimum atomic E-state index is -0.365. The van der Waals surface area contributed by atoms with Crippen molar-refractivity contribution in [3.05, 3.63) is 57.3 Å². The number of halogens is 1. The molecule has 0 aliphatic heterocycles. The van der Waals surface area contributed by atoms with E-state index in [-0.39, 0.29) is 5.97 Å². The van der Waals surface area contributed by atoms with Crippen LogP contribution >= 0.6 is 22.9 Å². The van der Waals surface area contributed by atoms with Crippen molar-refractivity contribution in [3.8, 4) is 10.6 Å². The summed E-state index contributed by atoms with van der Waals surface area (Å²) in [6, 6.07) is 5.93. The van der Waals surface area contributed by atoms with E-state index < -0.39 is 0 Å². The van der Waals surface area contributed by atoms with Crippen molar-refractivity contribution in [1.82, 2.24) is 14.8 Å². The van der Waals surface area contributed by atoms with Crippen molar-refractivity contribution < 1.29 is 9.53 Å². The zero-order valence-corrected chi connectivity index (χ0v) is 15.8. The summed E-state index contributed by atoms with van der Waals surface area (Å²) in [6.45, 7) is 6.61. The van der Waals surface area contributed by atoms with Crippen LogP contribution in [0.25, 0.3) is 10.6 Å². The van der Waals surface area contributed by atoms with E-state index in [1.165, 1.54) is 6.20 Å². The predicted octanol–water partition coefficient (Wildman–Crippen LogP) is 4.50. The Morgan fingerprint density at radius 1 is 1.36 bits per heavy atom. The van der Waals surface area contributed by atoms with Crippen LogP contribution in [0, 0.1) is 13.8 Å². The van der Waals surface area contributed by atoms with Gasteiger partial charge >= 0.3 is 5.97 Å². The second-order valence-electron chi connectivity index (χ2n) is 5.61. The topological polar surface area (TPSA) is 57.0 Å². The van der Waals surface area contributed by atoms with Gasteiger partial charge < -0.3 is 4.74 Å². The lowest BCUT2D eigenvalue weighted by Crippen LogP contribution is -2.04. The molecule has 0 saturated heterocycles. The fourth-order valence-corrected chi connectivity index (χ4v) is 3.65. The molecule has 7 heteroatoms. The molecule has 0 amide bonds. The molecule has 2 aromatic heterocycles. The maximum absolute atomic E-state index is 11.7. The number of carbonyl (C=O) groups is 1. The van der Waals surface area contributed by atoms with E-state index in [0.29, 0.717) is 18.7 Å². The molecule has 0 radical (unpaired) electrons. The maximum Gasteiger partial charge on any atom is 0.341 e. The third-order valence-electron chi connectivity index (χ3n) is 3.77. The average molecular weight is 376 g/mol. The van der Waals surface area contributed by atoms with Crippen LogP contribution in [-0.4, -0.2) is 27.3 Å². The minimum Gasteiger partial charge on any atom is -0.462 e. The number of thiazole rings is 1. The van der Waals surface area contributed by atoms with Crippen LogP contribution in [0.3, 0.4) is 0 Å². The summed E-state index contributed by atoms with van der Waals surface area (Å²) in [5.41, 5.74) is 3.32. The van der Waals surface area contributed by atoms with E-state index in [4.69, 9.17) is 21.3 Å². The Bertz CT molecular complexity index is 917. The van der Waals surface area contributed by atoms with Crippen LogP contribution in [0.5, 0.6) is 0 Å². The monoisotopic (exact) mass is 375 g/mol. The standard InChI is InChI=1S/C18H18ClN3O2S/c1-4-24-18(23)13-8-20-22(9-13)10-15-12(3)25-17(21-15)14-7-5-6-11(2)16(14)19/h5-9H,4,10H2,1-3H3. The first kappa shape index (κ1) is 17.6. The lowest BCUT2D eigenvalue weighted by Gasteiger charge is -2.03. The third-order valence-corrected chi connectivity index (χ3v) is 5.32. The number of hydrogen-bond donors (Lipinski definition) is 0. The summed E-state index contributed by atoms with van der Waals surface area (Å²) in [7, 11) is 0. The molecule has 3 rings (SSSR count). The van der Waals surface area contributed by atoms with E-state index in [1.54, 1.807) is 29.1 Å². The Morgan fingerprint density at radius 2 is 2.16 bits per heavy atom. The molecule has 5 nitrogen and oxygen atoms in total. The molecule has 130 valence electrons. The van der Waals surface area contributed by atoms with Gasteiger partial charge in [0.05, 0.1) is 35.6 Å². The number of aryl methyl sites for hydroxylation is 2.